The third kappa shape index (κ3) is 4.21. The van der Waals surface area contributed by atoms with Crippen molar-refractivity contribution < 1.29 is 19.4 Å². The van der Waals surface area contributed by atoms with Crippen LogP contribution in [0.2, 0.25) is 0 Å². The Balaban J connectivity index is 1.55. The van der Waals surface area contributed by atoms with E-state index in [1.165, 1.54) is 10.6 Å². The van der Waals surface area contributed by atoms with Gasteiger partial charge in [0.15, 0.2) is 0 Å². The van der Waals surface area contributed by atoms with Gasteiger partial charge >= 0.3 is 5.97 Å². The van der Waals surface area contributed by atoms with E-state index in [9.17, 15) is 19.5 Å². The molecule has 0 saturated heterocycles. The molecule has 2 bridgehead atoms. The maximum absolute atomic E-state index is 13.7. The smallest absolute Gasteiger partial charge is 0.344 e. The fraction of sp³-hybridized carbons (Fsp3) is 0.562. The Bertz CT molecular complexity index is 1340. The van der Waals surface area contributed by atoms with Crippen molar-refractivity contribution in [2.45, 2.75) is 78.6 Å². The lowest BCUT2D eigenvalue weighted by Crippen LogP contribution is -2.63. The van der Waals surface area contributed by atoms with Crippen LogP contribution >= 0.6 is 0 Å². The second-order valence-electron chi connectivity index (χ2n) is 12.7. The Kier molecular flexibility index (Phi) is 6.94. The van der Waals surface area contributed by atoms with Crippen molar-refractivity contribution in [1.29, 1.82) is 0 Å². The molecule has 3 saturated carbocycles. The van der Waals surface area contributed by atoms with Crippen molar-refractivity contribution in [2.75, 3.05) is 0 Å². The molecule has 0 amide bonds. The number of aliphatic hydroxyl groups excluding tert-OH is 1. The molecule has 8 atom stereocenters. The highest BCUT2D eigenvalue weighted by atomic mass is 16.5. The van der Waals surface area contributed by atoms with Crippen LogP contribution in [0.5, 0.6) is 0 Å². The summed E-state index contributed by atoms with van der Waals surface area (Å²) >= 11 is 0. The van der Waals surface area contributed by atoms with Gasteiger partial charge in [-0.15, -0.1) is 6.58 Å². The molecule has 0 aliphatic heterocycles. The van der Waals surface area contributed by atoms with Crippen molar-refractivity contribution >= 4 is 11.8 Å². The van der Waals surface area contributed by atoms with Crippen LogP contribution < -0.4 is 5.56 Å². The molecule has 7 nitrogen and oxygen atoms in total. The van der Waals surface area contributed by atoms with Gasteiger partial charge in [0.05, 0.1) is 12.6 Å². The van der Waals surface area contributed by atoms with Crippen molar-refractivity contribution in [1.82, 2.24) is 9.55 Å². The first-order valence-electron chi connectivity index (χ1n) is 14.1. The first-order chi connectivity index (χ1) is 18.5. The molecule has 2 heterocycles. The largest absolute Gasteiger partial charge is 0.458 e. The molecule has 39 heavy (non-hydrogen) atoms. The number of esters is 1. The molecule has 208 valence electrons. The molecule has 0 aromatic carbocycles. The van der Waals surface area contributed by atoms with E-state index < -0.39 is 34.6 Å². The highest BCUT2D eigenvalue weighted by Crippen LogP contribution is 2.68. The van der Waals surface area contributed by atoms with E-state index in [1.807, 2.05) is 19.1 Å². The summed E-state index contributed by atoms with van der Waals surface area (Å²) in [5, 5.41) is 11.7. The summed E-state index contributed by atoms with van der Waals surface area (Å²) in [7, 11) is 0. The second-order valence-corrected chi connectivity index (χ2v) is 12.7. The van der Waals surface area contributed by atoms with Crippen LogP contribution in [-0.4, -0.2) is 38.6 Å². The molecule has 2 unspecified atom stereocenters. The van der Waals surface area contributed by atoms with E-state index >= 15 is 0 Å². The van der Waals surface area contributed by atoms with Gasteiger partial charge in [-0.05, 0) is 72.8 Å². The average Bonchev–Trinajstić information content (AvgIpc) is 3.28. The summed E-state index contributed by atoms with van der Waals surface area (Å²) in [4.78, 5) is 44.7. The van der Waals surface area contributed by atoms with Crippen molar-refractivity contribution in [3.8, 4) is 0 Å². The van der Waals surface area contributed by atoms with Crippen molar-refractivity contribution in [2.24, 2.45) is 34.0 Å². The lowest BCUT2D eigenvalue weighted by Gasteiger charge is -2.61. The monoisotopic (exact) mass is 532 g/mol. The average molecular weight is 533 g/mol. The summed E-state index contributed by atoms with van der Waals surface area (Å²) in [6, 6.07) is 6.82. The number of ketones is 1. The predicted molar refractivity (Wildman–Crippen MR) is 148 cm³/mol. The summed E-state index contributed by atoms with van der Waals surface area (Å²) in [6.45, 7) is 12.6. The van der Waals surface area contributed by atoms with Crippen molar-refractivity contribution in [3.63, 3.8) is 0 Å². The molecule has 3 aliphatic carbocycles. The maximum atomic E-state index is 13.7. The van der Waals surface area contributed by atoms with Gasteiger partial charge in [-0.2, -0.15) is 0 Å². The molecule has 7 heteroatoms. The normalized spacial score (nSPS) is 37.9. The molecule has 2 aromatic rings. The summed E-state index contributed by atoms with van der Waals surface area (Å²) in [5.41, 5.74) is -1.30. The Morgan fingerprint density at radius 3 is 2.62 bits per heavy atom. The van der Waals surface area contributed by atoms with Crippen LogP contribution in [0.15, 0.2) is 60.3 Å². The van der Waals surface area contributed by atoms with Gasteiger partial charge in [0.1, 0.15) is 17.5 Å². The molecule has 0 spiro atoms. The van der Waals surface area contributed by atoms with Crippen molar-refractivity contribution in [3.05, 3.63) is 77.0 Å². The number of rotatable bonds is 5. The van der Waals surface area contributed by atoms with E-state index in [2.05, 4.69) is 32.3 Å². The van der Waals surface area contributed by atoms with Crippen LogP contribution in [0.25, 0.3) is 0 Å². The summed E-state index contributed by atoms with van der Waals surface area (Å²) in [5.74, 6) is -0.796. The zero-order valence-corrected chi connectivity index (χ0v) is 23.4. The number of aliphatic hydroxyl groups is 1. The number of aromatic nitrogens is 2. The highest BCUT2D eigenvalue weighted by Gasteiger charge is 2.68. The van der Waals surface area contributed by atoms with Crippen LogP contribution in [0.3, 0.4) is 0 Å². The number of carbonyl (C=O) groups is 2. The quantitative estimate of drug-likeness (QED) is 0.438. The Morgan fingerprint density at radius 1 is 1.21 bits per heavy atom. The van der Waals surface area contributed by atoms with Gasteiger partial charge in [0.25, 0.3) is 5.56 Å². The second kappa shape index (κ2) is 9.84. The summed E-state index contributed by atoms with van der Waals surface area (Å²) in [6.07, 6.45) is 8.63. The topological polar surface area (TPSA) is 98.5 Å². The SMILES string of the molecule is C=C[C@]1(C)C[C@@H](OC(=O)c2cccn(Cc3ccncc3)c2=O)[C@@]2(C)C3C(=O)CCC3(CC[C@H]2C)[C@@H](C)[C@@H]1O. The lowest BCUT2D eigenvalue weighted by molar-refractivity contribution is -0.192. The van der Waals surface area contributed by atoms with Gasteiger partial charge in [-0.3, -0.25) is 14.6 Å². The minimum atomic E-state index is -0.739. The zero-order valence-electron chi connectivity index (χ0n) is 23.4. The minimum absolute atomic E-state index is 0.0427. The molecule has 5 rings (SSSR count). The Morgan fingerprint density at radius 2 is 1.92 bits per heavy atom. The molecule has 1 N–H and O–H groups in total. The third-order valence-corrected chi connectivity index (χ3v) is 10.9. The van der Waals surface area contributed by atoms with Gasteiger partial charge in [0.2, 0.25) is 0 Å². The number of Topliss-reactive ketones (excluding diaryl/α,β-unsaturated/α-hetero) is 1. The van der Waals surface area contributed by atoms with Gasteiger partial charge < -0.3 is 14.4 Å². The maximum Gasteiger partial charge on any atom is 0.344 e. The number of carbonyl (C=O) groups excluding carboxylic acids is 2. The highest BCUT2D eigenvalue weighted by molar-refractivity contribution is 5.89. The standard InChI is InChI=1S/C32H40N2O5/c1-6-30(4)18-25(31(5)20(2)9-13-32(21(3)27(30)36)14-10-24(35)26(31)32)39-29(38)23-8-7-17-34(28(23)37)19-22-11-15-33-16-12-22/h6-8,11-12,15-17,20-21,25-27,36H,1,9-10,13-14,18-19H2,2-5H3/t20-,21+,25-,26?,27+,30-,31+,32?/m1/s1. The van der Waals surface area contributed by atoms with E-state index in [1.54, 1.807) is 30.7 Å². The van der Waals surface area contributed by atoms with E-state index in [4.69, 9.17) is 4.74 Å². The number of nitrogens with zero attached hydrogens (tertiary/aromatic N) is 2. The number of pyridine rings is 2. The molecular formula is C32H40N2O5. The minimum Gasteiger partial charge on any atom is -0.458 e. The molecular weight excluding hydrogens is 492 g/mol. The van der Waals surface area contributed by atoms with Gasteiger partial charge in [-0.25, -0.2) is 4.79 Å². The molecule has 2 aromatic heterocycles. The van der Waals surface area contributed by atoms with Crippen LogP contribution in [0, 0.1) is 34.0 Å². The lowest BCUT2D eigenvalue weighted by atomic mass is 9.44. The molecule has 0 radical (unpaired) electrons. The predicted octanol–water partition coefficient (Wildman–Crippen LogP) is 4.81. The fourth-order valence-corrected chi connectivity index (χ4v) is 8.20. The zero-order chi connectivity index (χ0) is 28.2. The number of ether oxygens (including phenoxy) is 1. The van der Waals surface area contributed by atoms with Crippen LogP contribution in [0.4, 0.5) is 0 Å². The Labute approximate surface area is 230 Å². The van der Waals surface area contributed by atoms with Gasteiger partial charge in [-0.1, -0.05) is 33.8 Å². The van der Waals surface area contributed by atoms with E-state index in [0.717, 1.165) is 24.8 Å². The third-order valence-electron chi connectivity index (χ3n) is 10.9. The van der Waals surface area contributed by atoms with Crippen LogP contribution in [-0.2, 0) is 16.1 Å². The summed E-state index contributed by atoms with van der Waals surface area (Å²) < 4.78 is 7.80. The van der Waals surface area contributed by atoms with Gasteiger partial charge in [0, 0.05) is 41.8 Å². The Hall–Kier alpha value is -3.06. The first kappa shape index (κ1) is 27.5. The first-order valence-corrected chi connectivity index (χ1v) is 14.1. The molecule has 3 aliphatic rings. The number of hydrogen-bond acceptors (Lipinski definition) is 6. The van der Waals surface area contributed by atoms with E-state index in [-0.39, 0.29) is 34.5 Å². The number of hydrogen-bond donors (Lipinski definition) is 1. The van der Waals surface area contributed by atoms with E-state index in [0.29, 0.717) is 19.4 Å². The fourth-order valence-electron chi connectivity index (χ4n) is 8.20. The van der Waals surface area contributed by atoms with Crippen LogP contribution in [0.1, 0.15) is 75.7 Å². The molecule has 3 fully saturated rings.